The van der Waals surface area contributed by atoms with Gasteiger partial charge >= 0.3 is 0 Å². The molecule has 21 heavy (non-hydrogen) atoms. The van der Waals surface area contributed by atoms with Crippen LogP contribution < -0.4 is 0 Å². The fourth-order valence-electron chi connectivity index (χ4n) is 3.28. The van der Waals surface area contributed by atoms with Gasteiger partial charge in [-0.25, -0.2) is 8.42 Å². The van der Waals surface area contributed by atoms with E-state index in [1.807, 2.05) is 0 Å². The van der Waals surface area contributed by atoms with Crippen molar-refractivity contribution in [2.75, 3.05) is 26.2 Å². The predicted octanol–water partition coefficient (Wildman–Crippen LogP) is 1.64. The number of hydrogen-bond acceptors (Lipinski definition) is 4. The number of aromatic hydroxyl groups is 1. The summed E-state index contributed by atoms with van der Waals surface area (Å²) in [5, 5.41) is 9.28. The lowest BCUT2D eigenvalue weighted by atomic mass is 10.1. The number of phenols is 1. The van der Waals surface area contributed by atoms with E-state index in [2.05, 4.69) is 4.90 Å². The van der Waals surface area contributed by atoms with Gasteiger partial charge in [0.1, 0.15) is 5.75 Å². The molecule has 1 aromatic carbocycles. The topological polar surface area (TPSA) is 60.9 Å². The van der Waals surface area contributed by atoms with Gasteiger partial charge in [0.25, 0.3) is 0 Å². The molecule has 2 aliphatic heterocycles. The summed E-state index contributed by atoms with van der Waals surface area (Å²) >= 11 is 0. The van der Waals surface area contributed by atoms with Crippen molar-refractivity contribution >= 4 is 10.0 Å². The Morgan fingerprint density at radius 2 is 1.67 bits per heavy atom. The van der Waals surface area contributed by atoms with E-state index < -0.39 is 10.0 Å². The van der Waals surface area contributed by atoms with E-state index in [1.165, 1.54) is 43.5 Å². The second-order valence-electron chi connectivity index (χ2n) is 5.90. The van der Waals surface area contributed by atoms with Gasteiger partial charge in [0, 0.05) is 19.1 Å². The Labute approximate surface area is 126 Å². The molecule has 1 unspecified atom stereocenters. The van der Waals surface area contributed by atoms with Gasteiger partial charge in [-0.2, -0.15) is 4.31 Å². The summed E-state index contributed by atoms with van der Waals surface area (Å²) in [6.07, 6.45) is 4.65. The summed E-state index contributed by atoms with van der Waals surface area (Å²) in [7, 11) is -3.43. The van der Waals surface area contributed by atoms with Crippen molar-refractivity contribution in [3.63, 3.8) is 0 Å². The summed E-state index contributed by atoms with van der Waals surface area (Å²) in [4.78, 5) is 2.70. The molecule has 0 aromatic heterocycles. The van der Waals surface area contributed by atoms with Crippen LogP contribution >= 0.6 is 0 Å². The third-order valence-corrected chi connectivity index (χ3v) is 6.39. The molecule has 1 aromatic rings. The predicted molar refractivity (Wildman–Crippen MR) is 80.7 cm³/mol. The minimum Gasteiger partial charge on any atom is -0.508 e. The van der Waals surface area contributed by atoms with E-state index in [0.29, 0.717) is 19.1 Å². The molecular formula is C15H22N2O3S. The summed E-state index contributed by atoms with van der Waals surface area (Å²) in [5.41, 5.74) is 0. The van der Waals surface area contributed by atoms with Gasteiger partial charge in [-0.1, -0.05) is 6.42 Å². The van der Waals surface area contributed by atoms with E-state index in [1.54, 1.807) is 4.31 Å². The molecule has 3 rings (SSSR count). The van der Waals surface area contributed by atoms with Crippen molar-refractivity contribution in [3.05, 3.63) is 24.3 Å². The highest BCUT2D eigenvalue weighted by Crippen LogP contribution is 2.26. The molecule has 2 fully saturated rings. The summed E-state index contributed by atoms with van der Waals surface area (Å²) < 4.78 is 26.8. The molecule has 1 N–H and O–H groups in total. The van der Waals surface area contributed by atoms with Gasteiger partial charge in [0.2, 0.25) is 10.0 Å². The lowest BCUT2D eigenvalue weighted by Crippen LogP contribution is -2.41. The first kappa shape index (κ1) is 14.8. The Kier molecular flexibility index (Phi) is 4.19. The molecule has 6 heteroatoms. The normalized spacial score (nSPS) is 25.2. The number of phenolic OH excluding ortho intramolecular Hbond substituents is 1. The van der Waals surface area contributed by atoms with Crippen LogP contribution in [-0.2, 0) is 10.0 Å². The molecule has 0 saturated carbocycles. The minimum atomic E-state index is -3.43. The van der Waals surface area contributed by atoms with Crippen LogP contribution in [0.3, 0.4) is 0 Å². The average Bonchev–Trinajstić information content (AvgIpc) is 2.99. The highest BCUT2D eigenvalue weighted by Gasteiger charge is 2.35. The van der Waals surface area contributed by atoms with Crippen molar-refractivity contribution in [2.45, 2.75) is 36.6 Å². The number of hydrogen-bond donors (Lipinski definition) is 1. The van der Waals surface area contributed by atoms with E-state index in [9.17, 15) is 13.5 Å². The lowest BCUT2D eigenvalue weighted by Gasteiger charge is -2.32. The molecule has 0 bridgehead atoms. The first-order valence-corrected chi connectivity index (χ1v) is 9.04. The number of benzene rings is 1. The molecule has 116 valence electrons. The van der Waals surface area contributed by atoms with Crippen LogP contribution in [0.2, 0.25) is 0 Å². The van der Waals surface area contributed by atoms with Gasteiger partial charge in [-0.3, -0.25) is 4.90 Å². The average molecular weight is 310 g/mol. The van der Waals surface area contributed by atoms with Crippen LogP contribution in [0, 0.1) is 0 Å². The molecule has 0 spiro atoms. The molecule has 1 atom stereocenters. The zero-order valence-corrected chi connectivity index (χ0v) is 12.9. The summed E-state index contributed by atoms with van der Waals surface area (Å²) in [6.45, 7) is 3.36. The van der Waals surface area contributed by atoms with Gasteiger partial charge in [0.15, 0.2) is 0 Å². The third-order valence-electron chi connectivity index (χ3n) is 4.51. The molecule has 2 aliphatic rings. The number of rotatable bonds is 3. The van der Waals surface area contributed by atoms with Crippen LogP contribution in [-0.4, -0.2) is 55.0 Å². The van der Waals surface area contributed by atoms with Crippen LogP contribution in [0.1, 0.15) is 25.7 Å². The third kappa shape index (κ3) is 3.07. The Morgan fingerprint density at radius 1 is 1.00 bits per heavy atom. The molecule has 2 saturated heterocycles. The van der Waals surface area contributed by atoms with Gasteiger partial charge in [0.05, 0.1) is 4.90 Å². The first-order chi connectivity index (χ1) is 10.1. The maximum atomic E-state index is 12.6. The van der Waals surface area contributed by atoms with Crippen LogP contribution in [0.25, 0.3) is 0 Å². The smallest absolute Gasteiger partial charge is 0.243 e. The number of likely N-dealkylation sites (tertiary alicyclic amines) is 1. The summed E-state index contributed by atoms with van der Waals surface area (Å²) in [6, 6.07) is 6.14. The maximum Gasteiger partial charge on any atom is 0.243 e. The lowest BCUT2D eigenvalue weighted by molar-refractivity contribution is 0.169. The van der Waals surface area contributed by atoms with Crippen molar-refractivity contribution in [1.29, 1.82) is 0 Å². The monoisotopic (exact) mass is 310 g/mol. The largest absolute Gasteiger partial charge is 0.508 e. The van der Waals surface area contributed by atoms with Crippen molar-refractivity contribution < 1.29 is 13.5 Å². The number of sulfonamides is 1. The van der Waals surface area contributed by atoms with Crippen molar-refractivity contribution in [2.24, 2.45) is 0 Å². The number of nitrogens with zero attached hydrogens (tertiary/aromatic N) is 2. The van der Waals surface area contributed by atoms with Gasteiger partial charge in [-0.05, 0) is 56.6 Å². The van der Waals surface area contributed by atoms with Crippen LogP contribution in [0.4, 0.5) is 0 Å². The number of piperidine rings is 1. The SMILES string of the molecule is O=S(=O)(c1ccc(O)cc1)N1CCC(N2CCCCC2)C1. The first-order valence-electron chi connectivity index (χ1n) is 7.60. The van der Waals surface area contributed by atoms with Crippen molar-refractivity contribution in [3.8, 4) is 5.75 Å². The zero-order chi connectivity index (χ0) is 14.9. The maximum absolute atomic E-state index is 12.6. The fraction of sp³-hybridized carbons (Fsp3) is 0.600. The molecular weight excluding hydrogens is 288 g/mol. The van der Waals surface area contributed by atoms with E-state index in [-0.39, 0.29) is 10.6 Å². The van der Waals surface area contributed by atoms with E-state index >= 15 is 0 Å². The van der Waals surface area contributed by atoms with E-state index in [0.717, 1.165) is 19.5 Å². The molecule has 0 aliphatic carbocycles. The fourth-order valence-corrected chi connectivity index (χ4v) is 4.77. The second kappa shape index (κ2) is 5.94. The quantitative estimate of drug-likeness (QED) is 0.922. The molecule has 0 amide bonds. The molecule has 0 radical (unpaired) electrons. The highest BCUT2D eigenvalue weighted by molar-refractivity contribution is 7.89. The Balaban J connectivity index is 1.71. The summed E-state index contributed by atoms with van der Waals surface area (Å²) in [5.74, 6) is 0.0848. The molecule has 5 nitrogen and oxygen atoms in total. The van der Waals surface area contributed by atoms with Crippen LogP contribution in [0.5, 0.6) is 5.75 Å². The van der Waals surface area contributed by atoms with Gasteiger partial charge < -0.3 is 5.11 Å². The second-order valence-corrected chi connectivity index (χ2v) is 7.83. The van der Waals surface area contributed by atoms with E-state index in [4.69, 9.17) is 0 Å². The Hall–Kier alpha value is -1.11. The molecule has 2 heterocycles. The Morgan fingerprint density at radius 3 is 2.33 bits per heavy atom. The van der Waals surface area contributed by atoms with Crippen molar-refractivity contribution in [1.82, 2.24) is 9.21 Å². The standard InChI is InChI=1S/C15H22N2O3S/c18-14-4-6-15(7-5-14)21(19,20)17-11-8-13(12-17)16-9-2-1-3-10-16/h4-7,13,18H,1-3,8-12H2. The Bertz CT molecular complexity index is 579. The van der Waals surface area contributed by atoms with Gasteiger partial charge in [-0.15, -0.1) is 0 Å². The highest BCUT2D eigenvalue weighted by atomic mass is 32.2. The zero-order valence-electron chi connectivity index (χ0n) is 12.1. The minimum absolute atomic E-state index is 0.0848. The van der Waals surface area contributed by atoms with Crippen LogP contribution in [0.15, 0.2) is 29.2 Å².